The molecule has 1 saturated carbocycles. The highest BCUT2D eigenvalue weighted by Crippen LogP contribution is 2.53. The van der Waals surface area contributed by atoms with E-state index >= 15 is 0 Å². The molecular formula is C15H23NO2S2. The second kappa shape index (κ2) is 6.50. The minimum Gasteiger partial charge on any atom is -0.469 e. The number of hydrogen-bond acceptors (Lipinski definition) is 5. The molecule has 2 atom stereocenters. The predicted molar refractivity (Wildman–Crippen MR) is 86.2 cm³/mol. The maximum Gasteiger partial charge on any atom is 0.306 e. The monoisotopic (exact) mass is 313 g/mol. The van der Waals surface area contributed by atoms with Crippen LogP contribution in [0.3, 0.4) is 0 Å². The van der Waals surface area contributed by atoms with Crippen molar-refractivity contribution in [2.75, 3.05) is 12.9 Å². The summed E-state index contributed by atoms with van der Waals surface area (Å²) in [6, 6.07) is 4.45. The lowest BCUT2D eigenvalue weighted by Crippen LogP contribution is -2.23. The van der Waals surface area contributed by atoms with Crippen molar-refractivity contribution in [2.45, 2.75) is 44.4 Å². The van der Waals surface area contributed by atoms with Crippen LogP contribution in [-0.2, 0) is 9.53 Å². The molecule has 5 heteroatoms. The number of rotatable bonds is 7. The smallest absolute Gasteiger partial charge is 0.306 e. The standard InChI is InChI=1S/C15H23NO2S2/c1-10-4-5-12(20-10)14(11(2)16)19-9-15(6-7-15)8-13(17)18-3/h4-5,11,14H,6-9,16H2,1-3H3. The lowest BCUT2D eigenvalue weighted by molar-refractivity contribution is -0.141. The first-order valence-corrected chi connectivity index (χ1v) is 8.83. The SMILES string of the molecule is COC(=O)CC1(CSC(c2ccc(C)s2)C(C)N)CC1. The average molecular weight is 313 g/mol. The summed E-state index contributed by atoms with van der Waals surface area (Å²) in [5.74, 6) is 0.901. The number of carbonyl (C=O) groups excluding carboxylic acids is 1. The number of carbonyl (C=O) groups is 1. The second-order valence-corrected chi connectivity index (χ2v) is 8.24. The van der Waals surface area contributed by atoms with Gasteiger partial charge in [-0.1, -0.05) is 0 Å². The van der Waals surface area contributed by atoms with Crippen LogP contribution >= 0.6 is 23.1 Å². The Labute approximate surface area is 129 Å². The number of aryl methyl sites for hydroxylation is 1. The summed E-state index contributed by atoms with van der Waals surface area (Å²) in [7, 11) is 1.46. The summed E-state index contributed by atoms with van der Waals surface area (Å²) >= 11 is 3.72. The van der Waals surface area contributed by atoms with Crippen LogP contribution in [0.5, 0.6) is 0 Å². The fourth-order valence-corrected chi connectivity index (χ4v) is 5.09. The van der Waals surface area contributed by atoms with Gasteiger partial charge in [0.25, 0.3) is 0 Å². The molecule has 0 aliphatic heterocycles. The van der Waals surface area contributed by atoms with Crippen molar-refractivity contribution in [3.05, 3.63) is 21.9 Å². The molecule has 1 aliphatic rings. The van der Waals surface area contributed by atoms with Gasteiger partial charge in [-0.25, -0.2) is 0 Å². The molecule has 1 aromatic heterocycles. The van der Waals surface area contributed by atoms with Crippen LogP contribution < -0.4 is 5.73 Å². The molecule has 1 aliphatic carbocycles. The van der Waals surface area contributed by atoms with E-state index < -0.39 is 0 Å². The molecule has 0 radical (unpaired) electrons. The van der Waals surface area contributed by atoms with Gasteiger partial charge in [-0.3, -0.25) is 4.79 Å². The Morgan fingerprint density at radius 2 is 2.25 bits per heavy atom. The van der Waals surface area contributed by atoms with Crippen molar-refractivity contribution in [1.29, 1.82) is 0 Å². The number of methoxy groups -OCH3 is 1. The van der Waals surface area contributed by atoms with E-state index in [1.165, 1.54) is 16.9 Å². The Bertz CT molecular complexity index is 466. The van der Waals surface area contributed by atoms with Crippen LogP contribution in [0.1, 0.15) is 41.2 Å². The van der Waals surface area contributed by atoms with E-state index in [-0.39, 0.29) is 17.4 Å². The average Bonchev–Trinajstić information content (AvgIpc) is 3.02. The first-order chi connectivity index (χ1) is 9.46. The summed E-state index contributed by atoms with van der Waals surface area (Å²) in [5, 5.41) is 0.323. The van der Waals surface area contributed by atoms with E-state index in [4.69, 9.17) is 10.5 Å². The molecule has 0 saturated heterocycles. The normalized spacial score (nSPS) is 19.4. The lowest BCUT2D eigenvalue weighted by atomic mass is 10.1. The maximum atomic E-state index is 11.5. The second-order valence-electron chi connectivity index (χ2n) is 5.79. The van der Waals surface area contributed by atoms with Gasteiger partial charge in [0, 0.05) is 21.5 Å². The Hall–Kier alpha value is -0.520. The van der Waals surface area contributed by atoms with Crippen molar-refractivity contribution < 1.29 is 9.53 Å². The predicted octanol–water partition coefficient (Wildman–Crippen LogP) is 3.52. The molecule has 112 valence electrons. The zero-order valence-corrected chi connectivity index (χ0v) is 14.0. The van der Waals surface area contributed by atoms with Crippen LogP contribution in [-0.4, -0.2) is 24.9 Å². The summed E-state index contributed by atoms with van der Waals surface area (Å²) in [6.07, 6.45) is 2.81. The van der Waals surface area contributed by atoms with E-state index in [1.807, 2.05) is 23.1 Å². The van der Waals surface area contributed by atoms with Crippen molar-refractivity contribution in [3.63, 3.8) is 0 Å². The number of nitrogens with two attached hydrogens (primary N) is 1. The fraction of sp³-hybridized carbons (Fsp3) is 0.667. The van der Waals surface area contributed by atoms with Gasteiger partial charge in [-0.05, 0) is 44.2 Å². The molecule has 1 aromatic rings. The quantitative estimate of drug-likeness (QED) is 0.783. The summed E-state index contributed by atoms with van der Waals surface area (Å²) in [4.78, 5) is 14.1. The number of ether oxygens (including phenoxy) is 1. The Morgan fingerprint density at radius 3 is 2.70 bits per heavy atom. The minimum atomic E-state index is -0.0904. The third-order valence-corrected chi connectivity index (χ3v) is 6.85. The number of esters is 1. The zero-order valence-electron chi connectivity index (χ0n) is 12.3. The number of thioether (sulfide) groups is 1. The van der Waals surface area contributed by atoms with Crippen molar-refractivity contribution in [2.24, 2.45) is 11.1 Å². The first kappa shape index (κ1) is 15.9. The van der Waals surface area contributed by atoms with Crippen LogP contribution in [0, 0.1) is 12.3 Å². The number of hydrogen-bond donors (Lipinski definition) is 1. The Morgan fingerprint density at radius 1 is 1.55 bits per heavy atom. The van der Waals surface area contributed by atoms with E-state index in [1.54, 1.807) is 0 Å². The van der Waals surface area contributed by atoms with Gasteiger partial charge in [0.05, 0.1) is 18.8 Å². The van der Waals surface area contributed by atoms with Crippen LogP contribution in [0.25, 0.3) is 0 Å². The molecule has 20 heavy (non-hydrogen) atoms. The summed E-state index contributed by atoms with van der Waals surface area (Å²) in [6.45, 7) is 4.18. The molecule has 0 bridgehead atoms. The third kappa shape index (κ3) is 3.99. The molecule has 1 fully saturated rings. The van der Waals surface area contributed by atoms with Crippen LogP contribution in [0.4, 0.5) is 0 Å². The van der Waals surface area contributed by atoms with E-state index in [0.717, 1.165) is 18.6 Å². The minimum absolute atomic E-state index is 0.0904. The molecule has 0 amide bonds. The molecule has 2 rings (SSSR count). The summed E-state index contributed by atoms with van der Waals surface area (Å²) in [5.41, 5.74) is 6.31. The van der Waals surface area contributed by atoms with Gasteiger partial charge in [0.2, 0.25) is 0 Å². The van der Waals surface area contributed by atoms with Crippen LogP contribution in [0.15, 0.2) is 12.1 Å². The van der Waals surface area contributed by atoms with Gasteiger partial charge in [-0.2, -0.15) is 11.8 Å². The molecule has 1 heterocycles. The largest absolute Gasteiger partial charge is 0.469 e. The highest BCUT2D eigenvalue weighted by atomic mass is 32.2. The number of thiophene rings is 1. The molecule has 3 nitrogen and oxygen atoms in total. The van der Waals surface area contributed by atoms with E-state index in [0.29, 0.717) is 11.7 Å². The topological polar surface area (TPSA) is 52.3 Å². The van der Waals surface area contributed by atoms with E-state index in [2.05, 4.69) is 26.0 Å². The summed E-state index contributed by atoms with van der Waals surface area (Å²) < 4.78 is 4.80. The zero-order chi connectivity index (χ0) is 14.8. The molecule has 0 spiro atoms. The van der Waals surface area contributed by atoms with Gasteiger partial charge in [-0.15, -0.1) is 11.3 Å². The Balaban J connectivity index is 1.95. The van der Waals surface area contributed by atoms with Crippen molar-refractivity contribution in [1.82, 2.24) is 0 Å². The molecule has 2 N–H and O–H groups in total. The van der Waals surface area contributed by atoms with Gasteiger partial charge >= 0.3 is 5.97 Å². The molecular weight excluding hydrogens is 290 g/mol. The van der Waals surface area contributed by atoms with Crippen molar-refractivity contribution >= 4 is 29.1 Å². The third-order valence-electron chi connectivity index (χ3n) is 3.79. The van der Waals surface area contributed by atoms with Gasteiger partial charge in [0.1, 0.15) is 0 Å². The fourth-order valence-electron chi connectivity index (χ4n) is 2.29. The molecule has 2 unspecified atom stereocenters. The molecule has 0 aromatic carbocycles. The lowest BCUT2D eigenvalue weighted by Gasteiger charge is -2.22. The first-order valence-electron chi connectivity index (χ1n) is 6.96. The van der Waals surface area contributed by atoms with E-state index in [9.17, 15) is 4.79 Å². The highest BCUT2D eigenvalue weighted by Gasteiger charge is 2.45. The van der Waals surface area contributed by atoms with Gasteiger partial charge in [0.15, 0.2) is 0 Å². The maximum absolute atomic E-state index is 11.5. The van der Waals surface area contributed by atoms with Crippen molar-refractivity contribution in [3.8, 4) is 0 Å². The van der Waals surface area contributed by atoms with Crippen LogP contribution in [0.2, 0.25) is 0 Å². The van der Waals surface area contributed by atoms with Gasteiger partial charge < -0.3 is 10.5 Å². The highest BCUT2D eigenvalue weighted by molar-refractivity contribution is 7.99. The Kier molecular flexibility index (Phi) is 5.15.